The van der Waals surface area contributed by atoms with Crippen molar-refractivity contribution in [1.29, 1.82) is 0 Å². The van der Waals surface area contributed by atoms with Gasteiger partial charge in [-0.3, -0.25) is 4.79 Å². The number of esters is 1. The van der Waals surface area contributed by atoms with Gasteiger partial charge in [-0.15, -0.1) is 0 Å². The standard InChI is InChI=1S/C8H14O3/c1-8(2,3)11-7(10)5-4-6-9/h6H,4-5H2,1-3H3/i4D2,5D2. The molecule has 0 N–H and O–H groups in total. The smallest absolute Gasteiger partial charge is 0.306 e. The van der Waals surface area contributed by atoms with E-state index in [4.69, 9.17) is 5.48 Å². The summed E-state index contributed by atoms with van der Waals surface area (Å²) >= 11 is 0. The van der Waals surface area contributed by atoms with Crippen LogP contribution in [0, 0.1) is 0 Å². The van der Waals surface area contributed by atoms with Crippen LogP contribution >= 0.6 is 0 Å². The van der Waals surface area contributed by atoms with Crippen molar-refractivity contribution in [2.45, 2.75) is 39.1 Å². The lowest BCUT2D eigenvalue weighted by atomic mass is 10.2. The lowest BCUT2D eigenvalue weighted by Crippen LogP contribution is -2.23. The Hall–Kier alpha value is -0.860. The van der Waals surface area contributed by atoms with E-state index in [1.54, 1.807) is 0 Å². The van der Waals surface area contributed by atoms with Gasteiger partial charge in [0, 0.05) is 11.9 Å². The van der Waals surface area contributed by atoms with E-state index in [1.165, 1.54) is 20.8 Å². The Bertz CT molecular complexity index is 268. The van der Waals surface area contributed by atoms with Crippen molar-refractivity contribution in [1.82, 2.24) is 0 Å². The quantitative estimate of drug-likeness (QED) is 0.464. The van der Waals surface area contributed by atoms with Gasteiger partial charge in [-0.2, -0.15) is 0 Å². The molecule has 0 aliphatic heterocycles. The largest absolute Gasteiger partial charge is 0.460 e. The molecule has 0 aromatic carbocycles. The molecule has 0 atom stereocenters. The Labute approximate surface area is 72.4 Å². The average molecular weight is 162 g/mol. The van der Waals surface area contributed by atoms with E-state index in [2.05, 4.69) is 4.74 Å². The monoisotopic (exact) mass is 162 g/mol. The Morgan fingerprint density at radius 1 is 1.64 bits per heavy atom. The summed E-state index contributed by atoms with van der Waals surface area (Å²) < 4.78 is 33.2. The van der Waals surface area contributed by atoms with Gasteiger partial charge < -0.3 is 9.53 Å². The van der Waals surface area contributed by atoms with Crippen molar-refractivity contribution < 1.29 is 19.8 Å². The van der Waals surface area contributed by atoms with Crippen molar-refractivity contribution in [3.8, 4) is 0 Å². The van der Waals surface area contributed by atoms with Crippen LogP contribution in [-0.2, 0) is 14.3 Å². The minimum absolute atomic E-state index is 0.239. The number of carbonyl (C=O) groups excluding carboxylic acids is 2. The minimum Gasteiger partial charge on any atom is -0.460 e. The predicted molar refractivity (Wildman–Crippen MR) is 41.1 cm³/mol. The summed E-state index contributed by atoms with van der Waals surface area (Å²) in [7, 11) is 0. The summed E-state index contributed by atoms with van der Waals surface area (Å²) in [6.45, 7) is 4.58. The number of aldehydes is 1. The minimum atomic E-state index is -2.98. The topological polar surface area (TPSA) is 43.4 Å². The fraction of sp³-hybridized carbons (Fsp3) is 0.750. The molecule has 0 amide bonds. The Morgan fingerprint density at radius 3 is 2.55 bits per heavy atom. The molecule has 0 aliphatic rings. The molecular weight excluding hydrogens is 144 g/mol. The van der Waals surface area contributed by atoms with Crippen LogP contribution in [0.25, 0.3) is 0 Å². The number of hydrogen-bond acceptors (Lipinski definition) is 3. The molecule has 0 heterocycles. The van der Waals surface area contributed by atoms with Gasteiger partial charge in [0.15, 0.2) is 0 Å². The summed E-state index contributed by atoms with van der Waals surface area (Å²) in [5, 5.41) is 0. The zero-order valence-electron chi connectivity index (χ0n) is 10.8. The summed E-state index contributed by atoms with van der Waals surface area (Å²) in [6.07, 6.45) is -6.12. The third kappa shape index (κ3) is 7.03. The highest BCUT2D eigenvalue weighted by molar-refractivity contribution is 5.72. The van der Waals surface area contributed by atoms with Gasteiger partial charge in [-0.05, 0) is 20.8 Å². The third-order valence-electron chi connectivity index (χ3n) is 0.632. The predicted octanol–water partition coefficient (Wildman–Crippen LogP) is 1.31. The number of hydrogen-bond donors (Lipinski definition) is 0. The SMILES string of the molecule is [2H]C([2H])(C=O)C([2H])([2H])C(=O)OC(C)(C)C. The summed E-state index contributed by atoms with van der Waals surface area (Å²) in [5.74, 6) is -1.38. The van der Waals surface area contributed by atoms with Gasteiger partial charge in [0.05, 0.1) is 6.37 Å². The van der Waals surface area contributed by atoms with Crippen molar-refractivity contribution in [3.63, 3.8) is 0 Å². The van der Waals surface area contributed by atoms with Gasteiger partial charge in [-0.1, -0.05) is 0 Å². The molecule has 0 saturated heterocycles. The second-order valence-corrected chi connectivity index (χ2v) is 2.89. The first-order chi connectivity index (χ1) is 6.44. The van der Waals surface area contributed by atoms with Crippen molar-refractivity contribution in [3.05, 3.63) is 0 Å². The number of rotatable bonds is 3. The van der Waals surface area contributed by atoms with E-state index >= 15 is 0 Å². The molecule has 0 aromatic heterocycles. The van der Waals surface area contributed by atoms with E-state index in [-0.39, 0.29) is 6.29 Å². The van der Waals surface area contributed by atoms with Gasteiger partial charge in [0.25, 0.3) is 0 Å². The van der Waals surface area contributed by atoms with E-state index in [1.807, 2.05) is 0 Å². The maximum absolute atomic E-state index is 11.3. The molecule has 0 aromatic rings. The van der Waals surface area contributed by atoms with Crippen LogP contribution < -0.4 is 0 Å². The van der Waals surface area contributed by atoms with Crippen molar-refractivity contribution >= 4 is 12.3 Å². The fourth-order valence-corrected chi connectivity index (χ4v) is 0.392. The molecule has 3 heteroatoms. The molecule has 0 bridgehead atoms. The zero-order valence-corrected chi connectivity index (χ0v) is 6.80. The normalized spacial score (nSPS) is 18.8. The maximum Gasteiger partial charge on any atom is 0.306 e. The van der Waals surface area contributed by atoms with Crippen LogP contribution in [0.15, 0.2) is 0 Å². The highest BCUT2D eigenvalue weighted by Crippen LogP contribution is 2.08. The molecule has 11 heavy (non-hydrogen) atoms. The van der Waals surface area contributed by atoms with Gasteiger partial charge in [0.2, 0.25) is 0 Å². The summed E-state index contributed by atoms with van der Waals surface area (Å²) in [5.41, 5.74) is -0.927. The van der Waals surface area contributed by atoms with Crippen molar-refractivity contribution in [2.24, 2.45) is 0 Å². The molecular formula is C8H14O3. The van der Waals surface area contributed by atoms with Crippen LogP contribution in [-0.4, -0.2) is 17.9 Å². The fourth-order valence-electron chi connectivity index (χ4n) is 0.392. The van der Waals surface area contributed by atoms with E-state index in [0.29, 0.717) is 0 Å². The molecule has 0 radical (unpaired) electrons. The van der Waals surface area contributed by atoms with Crippen molar-refractivity contribution in [2.75, 3.05) is 0 Å². The lowest BCUT2D eigenvalue weighted by Gasteiger charge is -2.18. The Kier molecular flexibility index (Phi) is 1.83. The average Bonchev–Trinajstić information content (AvgIpc) is 2.00. The zero-order chi connectivity index (χ0) is 12.5. The maximum atomic E-state index is 11.3. The van der Waals surface area contributed by atoms with E-state index in [9.17, 15) is 9.59 Å². The Balaban J connectivity index is 4.90. The van der Waals surface area contributed by atoms with Crippen LogP contribution in [0.4, 0.5) is 0 Å². The van der Waals surface area contributed by atoms with Gasteiger partial charge in [0.1, 0.15) is 11.9 Å². The van der Waals surface area contributed by atoms with E-state index < -0.39 is 24.3 Å². The van der Waals surface area contributed by atoms with Gasteiger partial charge >= 0.3 is 5.97 Å². The van der Waals surface area contributed by atoms with Crippen LogP contribution in [0.5, 0.6) is 0 Å². The molecule has 0 aliphatic carbocycles. The first kappa shape index (κ1) is 4.91. The molecule has 0 saturated carbocycles. The van der Waals surface area contributed by atoms with Crippen LogP contribution in [0.1, 0.15) is 39.0 Å². The third-order valence-corrected chi connectivity index (χ3v) is 0.632. The Morgan fingerprint density at radius 2 is 2.18 bits per heavy atom. The molecule has 64 valence electrons. The van der Waals surface area contributed by atoms with E-state index in [0.717, 1.165) is 0 Å². The summed E-state index contributed by atoms with van der Waals surface area (Å²) in [6, 6.07) is 0. The van der Waals surface area contributed by atoms with Crippen LogP contribution in [0.2, 0.25) is 0 Å². The second-order valence-electron chi connectivity index (χ2n) is 2.89. The molecule has 0 rings (SSSR count). The number of carbonyl (C=O) groups is 2. The number of ether oxygens (including phenoxy) is 1. The van der Waals surface area contributed by atoms with Gasteiger partial charge in [-0.25, -0.2) is 0 Å². The molecule has 0 fully saturated rings. The lowest BCUT2D eigenvalue weighted by molar-refractivity contribution is -0.155. The highest BCUT2D eigenvalue weighted by Gasteiger charge is 2.15. The first-order valence-electron chi connectivity index (χ1n) is 5.14. The highest BCUT2D eigenvalue weighted by atomic mass is 16.6. The first-order valence-corrected chi connectivity index (χ1v) is 3.14. The van der Waals surface area contributed by atoms with Crippen LogP contribution in [0.3, 0.4) is 0 Å². The second kappa shape index (κ2) is 4.11. The molecule has 3 nitrogen and oxygen atoms in total. The molecule has 0 unspecified atom stereocenters. The summed E-state index contributed by atoms with van der Waals surface area (Å²) in [4.78, 5) is 21.6. The molecule has 0 spiro atoms.